The zero-order valence-electron chi connectivity index (χ0n) is 14.4. The summed E-state index contributed by atoms with van der Waals surface area (Å²) in [5, 5.41) is 5.11. The van der Waals surface area contributed by atoms with E-state index in [0.29, 0.717) is 0 Å². The number of anilines is 2. The van der Waals surface area contributed by atoms with Crippen LogP contribution in [-0.4, -0.2) is 32.0 Å². The fourth-order valence-electron chi connectivity index (χ4n) is 2.30. The summed E-state index contributed by atoms with van der Waals surface area (Å²) in [5.41, 5.74) is -0.0289. The minimum Gasteiger partial charge on any atom is -0.373 e. The van der Waals surface area contributed by atoms with Crippen molar-refractivity contribution in [3.8, 4) is 0 Å². The lowest BCUT2D eigenvalue weighted by Gasteiger charge is -2.17. The Labute approximate surface area is 154 Å². The van der Waals surface area contributed by atoms with Gasteiger partial charge in [-0.15, -0.1) is 0 Å². The number of nitrogens with zero attached hydrogens (tertiary/aromatic N) is 1. The zero-order valence-corrected chi connectivity index (χ0v) is 15.2. The van der Waals surface area contributed by atoms with E-state index in [1.165, 1.54) is 32.0 Å². The lowest BCUT2D eigenvalue weighted by molar-refractivity contribution is -0.117. The second kappa shape index (κ2) is 8.14. The first kappa shape index (κ1) is 19.7. The van der Waals surface area contributed by atoms with E-state index in [1.54, 1.807) is 18.2 Å². The molecule has 2 rings (SSSR count). The highest BCUT2D eigenvalue weighted by molar-refractivity contribution is 6.33. The normalized spacial score (nSPS) is 11.6. The van der Waals surface area contributed by atoms with Gasteiger partial charge in [0.15, 0.2) is 11.6 Å². The maximum Gasteiger partial charge on any atom is 0.253 e. The number of carbonyl (C=O) groups excluding carboxylic acids is 2. The van der Waals surface area contributed by atoms with Gasteiger partial charge in [-0.05, 0) is 31.2 Å². The summed E-state index contributed by atoms with van der Waals surface area (Å²) in [6, 6.07) is 7.47. The Balaban J connectivity index is 2.08. The molecule has 1 atom stereocenters. The molecule has 0 saturated heterocycles. The number of hydrogen-bond acceptors (Lipinski definition) is 3. The molecule has 0 aliphatic heterocycles. The fraction of sp³-hybridized carbons (Fsp3) is 0.222. The molecule has 0 radical (unpaired) electrons. The Hall–Kier alpha value is -2.67. The smallest absolute Gasteiger partial charge is 0.253 e. The second-order valence-corrected chi connectivity index (χ2v) is 6.25. The first-order chi connectivity index (χ1) is 12.2. The van der Waals surface area contributed by atoms with Crippen LogP contribution in [0.15, 0.2) is 36.4 Å². The van der Waals surface area contributed by atoms with Crippen LogP contribution >= 0.6 is 11.6 Å². The summed E-state index contributed by atoms with van der Waals surface area (Å²) in [7, 11) is 3.01. The van der Waals surface area contributed by atoms with E-state index in [2.05, 4.69) is 10.6 Å². The van der Waals surface area contributed by atoms with Crippen LogP contribution in [-0.2, 0) is 4.79 Å². The van der Waals surface area contributed by atoms with Gasteiger partial charge in [0.1, 0.15) is 11.7 Å². The van der Waals surface area contributed by atoms with Gasteiger partial charge in [-0.3, -0.25) is 9.59 Å². The van der Waals surface area contributed by atoms with E-state index in [1.807, 2.05) is 0 Å². The molecule has 0 aromatic heterocycles. The molecule has 0 saturated carbocycles. The van der Waals surface area contributed by atoms with Crippen molar-refractivity contribution in [1.82, 2.24) is 5.32 Å². The number of hydrogen-bond donors (Lipinski definition) is 2. The molecule has 1 unspecified atom stereocenters. The summed E-state index contributed by atoms with van der Waals surface area (Å²) < 4.78 is 27.9. The SMILES string of the molecule is CC(NC(=O)c1ccccc1Cl)C(=O)Nc1cc(F)c(N(C)C)c(F)c1. The number of amides is 2. The summed E-state index contributed by atoms with van der Waals surface area (Å²) in [4.78, 5) is 25.6. The van der Waals surface area contributed by atoms with Gasteiger partial charge in [0, 0.05) is 19.8 Å². The molecule has 26 heavy (non-hydrogen) atoms. The quantitative estimate of drug-likeness (QED) is 0.834. The van der Waals surface area contributed by atoms with E-state index in [4.69, 9.17) is 11.6 Å². The molecular weight excluding hydrogens is 364 g/mol. The minimum atomic E-state index is -0.946. The van der Waals surface area contributed by atoms with Gasteiger partial charge in [-0.2, -0.15) is 0 Å². The molecule has 2 aromatic rings. The predicted molar refractivity (Wildman–Crippen MR) is 97.7 cm³/mol. The molecule has 0 spiro atoms. The molecule has 5 nitrogen and oxygen atoms in total. The maximum absolute atomic E-state index is 14.0. The Bertz CT molecular complexity index is 820. The average Bonchev–Trinajstić information content (AvgIpc) is 2.53. The highest BCUT2D eigenvalue weighted by atomic mass is 35.5. The van der Waals surface area contributed by atoms with Crippen molar-refractivity contribution >= 4 is 34.8 Å². The number of benzene rings is 2. The topological polar surface area (TPSA) is 61.4 Å². The molecule has 0 bridgehead atoms. The first-order valence-corrected chi connectivity index (χ1v) is 8.11. The highest BCUT2D eigenvalue weighted by Gasteiger charge is 2.20. The van der Waals surface area contributed by atoms with Gasteiger partial charge in [0.05, 0.1) is 10.6 Å². The van der Waals surface area contributed by atoms with E-state index in [9.17, 15) is 18.4 Å². The number of nitrogens with one attached hydrogen (secondary N) is 2. The van der Waals surface area contributed by atoms with E-state index in [-0.39, 0.29) is 22.0 Å². The Morgan fingerprint density at radius 2 is 1.69 bits per heavy atom. The molecule has 0 heterocycles. The third kappa shape index (κ3) is 4.49. The van der Waals surface area contributed by atoms with E-state index < -0.39 is 29.5 Å². The van der Waals surface area contributed by atoms with Crippen LogP contribution < -0.4 is 15.5 Å². The standard InChI is InChI=1S/C18H18ClF2N3O2/c1-10(22-18(26)12-6-4-5-7-13(12)19)17(25)23-11-8-14(20)16(24(2)3)15(21)9-11/h4-10H,1-3H3,(H,22,26)(H,23,25). The van der Waals surface area contributed by atoms with Gasteiger partial charge in [0.2, 0.25) is 5.91 Å². The Kier molecular flexibility index (Phi) is 6.15. The molecule has 8 heteroatoms. The van der Waals surface area contributed by atoms with Crippen molar-refractivity contribution in [3.63, 3.8) is 0 Å². The van der Waals surface area contributed by atoms with Gasteiger partial charge < -0.3 is 15.5 Å². The molecule has 0 aliphatic carbocycles. The van der Waals surface area contributed by atoms with Crippen LogP contribution in [0.2, 0.25) is 5.02 Å². The average molecular weight is 382 g/mol. The third-order valence-electron chi connectivity index (χ3n) is 3.59. The predicted octanol–water partition coefficient (Wildman–Crippen LogP) is 3.44. The van der Waals surface area contributed by atoms with Crippen LogP contribution in [0.1, 0.15) is 17.3 Å². The van der Waals surface area contributed by atoms with Crippen LogP contribution in [0.3, 0.4) is 0 Å². The molecule has 2 aromatic carbocycles. The van der Waals surface area contributed by atoms with Crippen molar-refractivity contribution in [1.29, 1.82) is 0 Å². The highest BCUT2D eigenvalue weighted by Crippen LogP contribution is 2.25. The van der Waals surface area contributed by atoms with Crippen molar-refractivity contribution in [2.24, 2.45) is 0 Å². The van der Waals surface area contributed by atoms with Crippen LogP contribution in [0.4, 0.5) is 20.2 Å². The molecular formula is C18H18ClF2N3O2. The van der Waals surface area contributed by atoms with Crippen LogP contribution in [0, 0.1) is 11.6 Å². The molecule has 2 amide bonds. The minimum absolute atomic E-state index is 0.0468. The van der Waals surface area contributed by atoms with Gasteiger partial charge in [0.25, 0.3) is 5.91 Å². The van der Waals surface area contributed by atoms with Crippen LogP contribution in [0.5, 0.6) is 0 Å². The Morgan fingerprint density at radius 3 is 2.23 bits per heavy atom. The molecule has 138 valence electrons. The van der Waals surface area contributed by atoms with Crippen LogP contribution in [0.25, 0.3) is 0 Å². The van der Waals surface area contributed by atoms with Gasteiger partial charge in [-0.25, -0.2) is 8.78 Å². The summed E-state index contributed by atoms with van der Waals surface area (Å²) in [5.74, 6) is -2.77. The van der Waals surface area contributed by atoms with E-state index in [0.717, 1.165) is 12.1 Å². The summed E-state index contributed by atoms with van der Waals surface area (Å²) in [6.45, 7) is 1.45. The Morgan fingerprint density at radius 1 is 1.12 bits per heavy atom. The third-order valence-corrected chi connectivity index (χ3v) is 3.92. The van der Waals surface area contributed by atoms with Crippen molar-refractivity contribution in [3.05, 3.63) is 58.6 Å². The van der Waals surface area contributed by atoms with Crippen molar-refractivity contribution in [2.75, 3.05) is 24.3 Å². The van der Waals surface area contributed by atoms with Crippen molar-refractivity contribution in [2.45, 2.75) is 13.0 Å². The van der Waals surface area contributed by atoms with Gasteiger partial charge >= 0.3 is 0 Å². The lowest BCUT2D eigenvalue weighted by Crippen LogP contribution is -2.41. The monoisotopic (exact) mass is 381 g/mol. The number of rotatable bonds is 5. The summed E-state index contributed by atoms with van der Waals surface area (Å²) in [6.07, 6.45) is 0. The molecule has 0 fully saturated rings. The zero-order chi connectivity index (χ0) is 19.4. The maximum atomic E-state index is 14.0. The van der Waals surface area contributed by atoms with Gasteiger partial charge in [-0.1, -0.05) is 23.7 Å². The lowest BCUT2D eigenvalue weighted by atomic mass is 10.2. The van der Waals surface area contributed by atoms with Crippen molar-refractivity contribution < 1.29 is 18.4 Å². The van der Waals surface area contributed by atoms with E-state index >= 15 is 0 Å². The number of halogens is 3. The fourth-order valence-corrected chi connectivity index (χ4v) is 2.52. The molecule has 2 N–H and O–H groups in total. The second-order valence-electron chi connectivity index (χ2n) is 5.85. The molecule has 0 aliphatic rings. The number of carbonyl (C=O) groups is 2. The first-order valence-electron chi connectivity index (χ1n) is 7.73. The summed E-state index contributed by atoms with van der Waals surface area (Å²) >= 11 is 5.94. The largest absolute Gasteiger partial charge is 0.373 e.